The molecule has 2 aliphatic rings. The van der Waals surface area contributed by atoms with Gasteiger partial charge in [0.15, 0.2) is 0 Å². The van der Waals surface area contributed by atoms with E-state index in [0.29, 0.717) is 6.04 Å². The Labute approximate surface area is 140 Å². The van der Waals surface area contributed by atoms with Crippen molar-refractivity contribution in [3.05, 3.63) is 35.9 Å². The molecule has 0 heterocycles. The maximum absolute atomic E-state index is 10.2. The highest BCUT2D eigenvalue weighted by Gasteiger charge is 2.35. The van der Waals surface area contributed by atoms with Gasteiger partial charge in [0.25, 0.3) is 0 Å². The maximum Gasteiger partial charge on any atom is 0.207 e. The predicted molar refractivity (Wildman–Crippen MR) is 94.2 cm³/mol. The Hall–Kier alpha value is -1.35. The molecule has 0 aromatic heterocycles. The number of nitrogens with one attached hydrogen (secondary N) is 1. The fourth-order valence-corrected chi connectivity index (χ4v) is 3.32. The van der Waals surface area contributed by atoms with Crippen molar-refractivity contribution >= 4 is 6.41 Å². The SMILES string of the molecule is O=CN[C@H]1C[C@@H]1CCCCc1ccccc1.OC1CCCCC1. The van der Waals surface area contributed by atoms with Gasteiger partial charge in [-0.3, -0.25) is 4.79 Å². The molecule has 0 saturated heterocycles. The zero-order valence-corrected chi connectivity index (χ0v) is 14.1. The number of carbonyl (C=O) groups excluding carboxylic acids is 1. The molecule has 2 atom stereocenters. The molecule has 0 radical (unpaired) electrons. The molecule has 3 heteroatoms. The fraction of sp³-hybridized carbons (Fsp3) is 0.650. The van der Waals surface area contributed by atoms with Crippen molar-refractivity contribution in [1.29, 1.82) is 0 Å². The zero-order chi connectivity index (χ0) is 16.3. The minimum Gasteiger partial charge on any atom is -0.393 e. The normalized spacial score (nSPS) is 23.5. The van der Waals surface area contributed by atoms with Crippen LogP contribution in [0.1, 0.15) is 63.4 Å². The van der Waals surface area contributed by atoms with E-state index < -0.39 is 0 Å². The molecule has 0 spiro atoms. The second kappa shape index (κ2) is 10.4. The Morgan fingerprint density at radius 3 is 2.43 bits per heavy atom. The number of rotatable bonds is 7. The molecular weight excluding hydrogens is 286 g/mol. The van der Waals surface area contributed by atoms with E-state index in [0.717, 1.165) is 25.2 Å². The lowest BCUT2D eigenvalue weighted by atomic mass is 9.98. The molecule has 0 aliphatic heterocycles. The Balaban J connectivity index is 0.000000229. The highest BCUT2D eigenvalue weighted by Crippen LogP contribution is 2.34. The Kier molecular flexibility index (Phi) is 8.16. The highest BCUT2D eigenvalue weighted by atomic mass is 16.3. The molecule has 2 aliphatic carbocycles. The topological polar surface area (TPSA) is 49.3 Å². The largest absolute Gasteiger partial charge is 0.393 e. The molecule has 3 nitrogen and oxygen atoms in total. The van der Waals surface area contributed by atoms with Gasteiger partial charge >= 0.3 is 0 Å². The van der Waals surface area contributed by atoms with Gasteiger partial charge in [0.1, 0.15) is 0 Å². The van der Waals surface area contributed by atoms with E-state index >= 15 is 0 Å². The summed E-state index contributed by atoms with van der Waals surface area (Å²) in [5.74, 6) is 0.751. The van der Waals surface area contributed by atoms with E-state index in [1.165, 1.54) is 56.9 Å². The van der Waals surface area contributed by atoms with Crippen molar-refractivity contribution in [2.24, 2.45) is 5.92 Å². The third-order valence-corrected chi connectivity index (χ3v) is 4.91. The number of aliphatic hydroxyl groups excluding tert-OH is 1. The number of hydrogen-bond donors (Lipinski definition) is 2. The lowest BCUT2D eigenvalue weighted by molar-refractivity contribution is -0.109. The van der Waals surface area contributed by atoms with Gasteiger partial charge in [-0.25, -0.2) is 0 Å². The third kappa shape index (κ3) is 7.65. The van der Waals surface area contributed by atoms with Crippen molar-refractivity contribution in [2.45, 2.75) is 76.4 Å². The van der Waals surface area contributed by atoms with E-state index in [1.54, 1.807) is 0 Å². The van der Waals surface area contributed by atoms with Crippen molar-refractivity contribution in [1.82, 2.24) is 5.32 Å². The Bertz CT molecular complexity index is 429. The number of hydrogen-bond acceptors (Lipinski definition) is 2. The van der Waals surface area contributed by atoms with Crippen LogP contribution < -0.4 is 5.32 Å². The molecule has 2 N–H and O–H groups in total. The molecule has 0 bridgehead atoms. The van der Waals surface area contributed by atoms with Crippen molar-refractivity contribution in [3.8, 4) is 0 Å². The van der Waals surface area contributed by atoms with Crippen LogP contribution in [-0.2, 0) is 11.2 Å². The van der Waals surface area contributed by atoms with Crippen LogP contribution in [0.3, 0.4) is 0 Å². The van der Waals surface area contributed by atoms with Gasteiger partial charge in [-0.15, -0.1) is 0 Å². The number of benzene rings is 1. The van der Waals surface area contributed by atoms with Gasteiger partial charge in [-0.1, -0.05) is 56.0 Å². The standard InChI is InChI=1S/C14H19NO.C6H12O/c16-11-15-14-10-13(14)9-5-4-8-12-6-2-1-3-7-12;7-6-4-2-1-3-5-6/h1-3,6-7,11,13-14H,4-5,8-10H2,(H,15,16);6-7H,1-5H2/t13-,14-;/m0./s1. The van der Waals surface area contributed by atoms with Gasteiger partial charge < -0.3 is 10.4 Å². The first-order chi connectivity index (χ1) is 11.3. The summed E-state index contributed by atoms with van der Waals surface area (Å²) in [6.07, 6.45) is 12.9. The van der Waals surface area contributed by atoms with Crippen LogP contribution in [0.5, 0.6) is 0 Å². The Morgan fingerprint density at radius 2 is 1.83 bits per heavy atom. The summed E-state index contributed by atoms with van der Waals surface area (Å²) in [5, 5.41) is 11.8. The van der Waals surface area contributed by atoms with Crippen LogP contribution in [0.2, 0.25) is 0 Å². The van der Waals surface area contributed by atoms with E-state index in [9.17, 15) is 4.79 Å². The first kappa shape index (κ1) is 18.0. The number of aryl methyl sites for hydroxylation is 1. The smallest absolute Gasteiger partial charge is 0.207 e. The highest BCUT2D eigenvalue weighted by molar-refractivity contribution is 5.47. The van der Waals surface area contributed by atoms with Crippen LogP contribution in [0, 0.1) is 5.92 Å². The van der Waals surface area contributed by atoms with Gasteiger partial charge in [0, 0.05) is 6.04 Å². The first-order valence-electron chi connectivity index (χ1n) is 9.21. The van der Waals surface area contributed by atoms with Crippen LogP contribution in [-0.4, -0.2) is 23.7 Å². The van der Waals surface area contributed by atoms with Crippen molar-refractivity contribution in [2.75, 3.05) is 0 Å². The van der Waals surface area contributed by atoms with E-state index in [-0.39, 0.29) is 6.10 Å². The summed E-state index contributed by atoms with van der Waals surface area (Å²) in [7, 11) is 0. The minimum atomic E-state index is 0.0359. The fourth-order valence-electron chi connectivity index (χ4n) is 3.32. The van der Waals surface area contributed by atoms with Gasteiger partial charge in [0.05, 0.1) is 6.10 Å². The summed E-state index contributed by atoms with van der Waals surface area (Å²) in [6, 6.07) is 11.1. The molecular formula is C20H31NO2. The maximum atomic E-state index is 10.2. The second-order valence-corrected chi connectivity index (χ2v) is 6.91. The lowest BCUT2D eigenvalue weighted by Gasteiger charge is -2.14. The Morgan fingerprint density at radius 1 is 1.09 bits per heavy atom. The molecule has 1 aromatic carbocycles. The molecule has 1 aromatic rings. The van der Waals surface area contributed by atoms with E-state index in [1.807, 2.05) is 0 Å². The second-order valence-electron chi connectivity index (χ2n) is 6.91. The van der Waals surface area contributed by atoms with Crippen LogP contribution in [0.15, 0.2) is 30.3 Å². The molecule has 23 heavy (non-hydrogen) atoms. The molecule has 2 fully saturated rings. The van der Waals surface area contributed by atoms with Crippen LogP contribution >= 0.6 is 0 Å². The van der Waals surface area contributed by atoms with Crippen molar-refractivity contribution in [3.63, 3.8) is 0 Å². The third-order valence-electron chi connectivity index (χ3n) is 4.91. The molecule has 3 rings (SSSR count). The van der Waals surface area contributed by atoms with E-state index in [2.05, 4.69) is 35.6 Å². The van der Waals surface area contributed by atoms with Gasteiger partial charge in [-0.05, 0) is 50.0 Å². The molecule has 2 saturated carbocycles. The zero-order valence-electron chi connectivity index (χ0n) is 14.1. The quantitative estimate of drug-likeness (QED) is 0.593. The molecule has 0 unspecified atom stereocenters. The summed E-state index contributed by atoms with van der Waals surface area (Å²) < 4.78 is 0. The summed E-state index contributed by atoms with van der Waals surface area (Å²) in [6.45, 7) is 0. The van der Waals surface area contributed by atoms with Gasteiger partial charge in [0.2, 0.25) is 6.41 Å². The minimum absolute atomic E-state index is 0.0359. The summed E-state index contributed by atoms with van der Waals surface area (Å²) >= 11 is 0. The van der Waals surface area contributed by atoms with Crippen molar-refractivity contribution < 1.29 is 9.90 Å². The molecule has 128 valence electrons. The van der Waals surface area contributed by atoms with E-state index in [4.69, 9.17) is 5.11 Å². The van der Waals surface area contributed by atoms with Crippen LogP contribution in [0.25, 0.3) is 0 Å². The summed E-state index contributed by atoms with van der Waals surface area (Å²) in [4.78, 5) is 10.2. The lowest BCUT2D eigenvalue weighted by Crippen LogP contribution is -2.15. The average molecular weight is 317 g/mol. The number of amides is 1. The number of carbonyl (C=O) groups is 1. The first-order valence-corrected chi connectivity index (χ1v) is 9.21. The molecule has 1 amide bonds. The summed E-state index contributed by atoms with van der Waals surface area (Å²) in [5.41, 5.74) is 1.43. The van der Waals surface area contributed by atoms with Crippen LogP contribution in [0.4, 0.5) is 0 Å². The monoisotopic (exact) mass is 317 g/mol. The van der Waals surface area contributed by atoms with Gasteiger partial charge in [-0.2, -0.15) is 0 Å². The predicted octanol–water partition coefficient (Wildman–Crippen LogP) is 3.85. The number of unbranched alkanes of at least 4 members (excludes halogenated alkanes) is 1. The average Bonchev–Trinajstić information content (AvgIpc) is 3.32. The number of aliphatic hydroxyl groups is 1.